The number of amidine groups is 1. The molecule has 3 aromatic carbocycles. The van der Waals surface area contributed by atoms with Crippen LogP contribution in [0.5, 0.6) is 5.75 Å². The van der Waals surface area contributed by atoms with E-state index in [0.717, 1.165) is 54.6 Å². The molecule has 0 bridgehead atoms. The van der Waals surface area contributed by atoms with Crippen LogP contribution < -0.4 is 14.2 Å². The van der Waals surface area contributed by atoms with Gasteiger partial charge in [-0.2, -0.15) is 8.42 Å². The highest BCUT2D eigenvalue weighted by atomic mass is 32.2. The first kappa shape index (κ1) is 23.4. The zero-order valence-electron chi connectivity index (χ0n) is 19.8. The quantitative estimate of drug-likeness (QED) is 0.551. The van der Waals surface area contributed by atoms with Gasteiger partial charge in [0.05, 0.1) is 13.2 Å². The van der Waals surface area contributed by atoms with Crippen molar-refractivity contribution in [3.05, 3.63) is 89.6 Å². The molecular weight excluding hydrogens is 460 g/mol. The van der Waals surface area contributed by atoms with E-state index in [0.29, 0.717) is 18.0 Å². The van der Waals surface area contributed by atoms with Crippen LogP contribution in [-0.4, -0.2) is 45.4 Å². The van der Waals surface area contributed by atoms with Gasteiger partial charge in [0.15, 0.2) is 0 Å². The SMILES string of the molecule is COc1ccc(CN2CCC(N=C3C=C(Cc4cccc5ccccc45)NS(=O)(=O)N3)CC2)cc1. The Kier molecular flexibility index (Phi) is 6.74. The summed E-state index contributed by atoms with van der Waals surface area (Å²) >= 11 is 0. The topological polar surface area (TPSA) is 83.0 Å². The molecular formula is C27H30N4O3S. The summed E-state index contributed by atoms with van der Waals surface area (Å²) in [5.41, 5.74) is 2.95. The Morgan fingerprint density at radius 1 is 0.971 bits per heavy atom. The summed E-state index contributed by atoms with van der Waals surface area (Å²) in [6.45, 7) is 2.73. The van der Waals surface area contributed by atoms with Crippen molar-refractivity contribution < 1.29 is 13.2 Å². The summed E-state index contributed by atoms with van der Waals surface area (Å²) in [7, 11) is -2.01. The van der Waals surface area contributed by atoms with Crippen molar-refractivity contribution in [2.24, 2.45) is 4.99 Å². The van der Waals surface area contributed by atoms with E-state index in [9.17, 15) is 8.42 Å². The van der Waals surface area contributed by atoms with Gasteiger partial charge in [0.1, 0.15) is 11.6 Å². The number of benzene rings is 3. The van der Waals surface area contributed by atoms with Crippen LogP contribution in [0.25, 0.3) is 10.8 Å². The maximum absolute atomic E-state index is 12.5. The Bertz CT molecular complexity index is 1350. The normalized spacial score (nSPS) is 19.7. The van der Waals surface area contributed by atoms with Gasteiger partial charge in [-0.05, 0) is 46.9 Å². The molecule has 2 aliphatic rings. The molecule has 0 spiro atoms. The van der Waals surface area contributed by atoms with Gasteiger partial charge in [0, 0.05) is 37.8 Å². The second-order valence-corrected chi connectivity index (χ2v) is 10.5. The van der Waals surface area contributed by atoms with Gasteiger partial charge < -0.3 is 4.74 Å². The molecule has 8 heteroatoms. The summed E-state index contributed by atoms with van der Waals surface area (Å²) in [5, 5.41) is 2.26. The van der Waals surface area contributed by atoms with Crippen LogP contribution in [0.2, 0.25) is 0 Å². The number of hydrogen-bond donors (Lipinski definition) is 2. The van der Waals surface area contributed by atoms with E-state index < -0.39 is 10.2 Å². The first-order valence-electron chi connectivity index (χ1n) is 11.9. The lowest BCUT2D eigenvalue weighted by atomic mass is 10.0. The maximum Gasteiger partial charge on any atom is 0.322 e. The Morgan fingerprint density at radius 3 is 2.49 bits per heavy atom. The number of aliphatic imine (C=N–C) groups is 1. The smallest absolute Gasteiger partial charge is 0.322 e. The molecule has 0 atom stereocenters. The number of allylic oxidation sites excluding steroid dienone is 1. The molecule has 5 rings (SSSR count). The molecule has 2 N–H and O–H groups in total. The first-order chi connectivity index (χ1) is 17.0. The zero-order valence-corrected chi connectivity index (χ0v) is 20.6. The highest BCUT2D eigenvalue weighted by Gasteiger charge is 2.23. The molecule has 35 heavy (non-hydrogen) atoms. The molecule has 7 nitrogen and oxygen atoms in total. The summed E-state index contributed by atoms with van der Waals surface area (Å²) in [4.78, 5) is 7.19. The van der Waals surface area contributed by atoms with E-state index in [1.807, 2.05) is 42.5 Å². The summed E-state index contributed by atoms with van der Waals surface area (Å²) in [5.74, 6) is 1.27. The van der Waals surface area contributed by atoms with E-state index in [2.05, 4.69) is 44.7 Å². The van der Waals surface area contributed by atoms with E-state index in [1.54, 1.807) is 7.11 Å². The largest absolute Gasteiger partial charge is 0.497 e. The first-order valence-corrected chi connectivity index (χ1v) is 13.4. The van der Waals surface area contributed by atoms with Crippen LogP contribution in [-0.2, 0) is 23.2 Å². The number of ether oxygens (including phenoxy) is 1. The van der Waals surface area contributed by atoms with Gasteiger partial charge in [0.25, 0.3) is 0 Å². The Balaban J connectivity index is 1.26. The lowest BCUT2D eigenvalue weighted by molar-refractivity contribution is 0.206. The van der Waals surface area contributed by atoms with Gasteiger partial charge in [-0.1, -0.05) is 54.6 Å². The van der Waals surface area contributed by atoms with Gasteiger partial charge in [-0.25, -0.2) is 0 Å². The fourth-order valence-electron chi connectivity index (χ4n) is 4.75. The number of nitrogens with one attached hydrogen (secondary N) is 2. The standard InChI is InChI=1S/C27H30N4O3S/c1-34-25-11-9-20(10-12-25)19-31-15-13-23(14-16-31)28-27-18-24(29-35(32,33)30-27)17-22-7-4-6-21-5-2-3-8-26(21)22/h2-12,18,23,29H,13-17,19H2,1H3,(H,28,30). The third-order valence-corrected chi connectivity index (χ3v) is 7.53. The molecule has 1 saturated heterocycles. The molecule has 0 radical (unpaired) electrons. The van der Waals surface area contributed by atoms with Crippen LogP contribution >= 0.6 is 0 Å². The molecule has 0 aliphatic carbocycles. The third kappa shape index (κ3) is 5.83. The molecule has 0 saturated carbocycles. The lowest BCUT2D eigenvalue weighted by Gasteiger charge is -2.31. The minimum atomic E-state index is -3.68. The van der Waals surface area contributed by atoms with E-state index in [-0.39, 0.29) is 6.04 Å². The minimum absolute atomic E-state index is 0.0907. The number of rotatable bonds is 6. The molecule has 0 aromatic heterocycles. The molecule has 0 amide bonds. The number of fused-ring (bicyclic) bond motifs is 1. The van der Waals surface area contributed by atoms with E-state index in [4.69, 9.17) is 9.73 Å². The molecule has 182 valence electrons. The number of hydrogen-bond acceptors (Lipinski definition) is 5. The third-order valence-electron chi connectivity index (χ3n) is 6.52. The van der Waals surface area contributed by atoms with Crippen LogP contribution in [0.15, 0.2) is 83.5 Å². The Hall–Kier alpha value is -3.36. The summed E-state index contributed by atoms with van der Waals surface area (Å²) in [6.07, 6.45) is 4.09. The van der Waals surface area contributed by atoms with E-state index in [1.165, 1.54) is 5.56 Å². The maximum atomic E-state index is 12.5. The predicted molar refractivity (Wildman–Crippen MR) is 140 cm³/mol. The van der Waals surface area contributed by atoms with Gasteiger partial charge in [-0.3, -0.25) is 19.3 Å². The highest BCUT2D eigenvalue weighted by Crippen LogP contribution is 2.22. The second kappa shape index (κ2) is 10.1. The predicted octanol–water partition coefficient (Wildman–Crippen LogP) is 3.78. The lowest BCUT2D eigenvalue weighted by Crippen LogP contribution is -2.45. The fourth-order valence-corrected chi connectivity index (χ4v) is 5.67. The van der Waals surface area contributed by atoms with Gasteiger partial charge in [-0.15, -0.1) is 0 Å². The molecule has 2 heterocycles. The number of nitrogens with zero attached hydrogens (tertiary/aromatic N) is 2. The summed E-state index contributed by atoms with van der Waals surface area (Å²) in [6, 6.07) is 22.5. The van der Waals surface area contributed by atoms with Crippen molar-refractivity contribution in [1.29, 1.82) is 0 Å². The molecule has 2 aliphatic heterocycles. The molecule has 1 fully saturated rings. The van der Waals surface area contributed by atoms with Crippen molar-refractivity contribution in [2.45, 2.75) is 31.8 Å². The van der Waals surface area contributed by atoms with Crippen molar-refractivity contribution in [3.63, 3.8) is 0 Å². The second-order valence-electron chi connectivity index (χ2n) is 9.06. The average molecular weight is 491 g/mol. The van der Waals surface area contributed by atoms with Gasteiger partial charge >= 0.3 is 10.2 Å². The van der Waals surface area contributed by atoms with Crippen LogP contribution in [0.4, 0.5) is 0 Å². The average Bonchev–Trinajstić information content (AvgIpc) is 2.85. The minimum Gasteiger partial charge on any atom is -0.497 e. The van der Waals surface area contributed by atoms with Crippen LogP contribution in [0.1, 0.15) is 24.0 Å². The number of methoxy groups -OCH3 is 1. The number of likely N-dealkylation sites (tertiary alicyclic amines) is 1. The Morgan fingerprint density at radius 2 is 1.71 bits per heavy atom. The van der Waals surface area contributed by atoms with Crippen molar-refractivity contribution in [3.8, 4) is 5.75 Å². The monoisotopic (exact) mass is 490 g/mol. The molecule has 0 unspecified atom stereocenters. The van der Waals surface area contributed by atoms with E-state index >= 15 is 0 Å². The van der Waals surface area contributed by atoms with Crippen molar-refractivity contribution >= 4 is 26.8 Å². The van der Waals surface area contributed by atoms with Crippen molar-refractivity contribution in [2.75, 3.05) is 20.2 Å². The van der Waals surface area contributed by atoms with Crippen LogP contribution in [0, 0.1) is 0 Å². The van der Waals surface area contributed by atoms with Gasteiger partial charge in [0.2, 0.25) is 0 Å². The van der Waals surface area contributed by atoms with Crippen molar-refractivity contribution in [1.82, 2.24) is 14.3 Å². The summed E-state index contributed by atoms with van der Waals surface area (Å²) < 4.78 is 35.5. The number of piperidine rings is 1. The zero-order chi connectivity index (χ0) is 24.3. The Labute approximate surface area is 206 Å². The fraction of sp³-hybridized carbons (Fsp3) is 0.296. The van der Waals surface area contributed by atoms with Crippen LogP contribution in [0.3, 0.4) is 0 Å². The molecule has 3 aromatic rings. The highest BCUT2D eigenvalue weighted by molar-refractivity contribution is 7.88.